The third kappa shape index (κ3) is 3.97. The number of carbonyl (C=O) groups excluding carboxylic acids is 1. The minimum absolute atomic E-state index is 0.0718. The highest BCUT2D eigenvalue weighted by Crippen LogP contribution is 2.35. The van der Waals surface area contributed by atoms with Crippen molar-refractivity contribution >= 4 is 11.9 Å². The smallest absolute Gasteiger partial charge is 0.260 e. The number of anilines is 1. The molecule has 0 spiro atoms. The van der Waals surface area contributed by atoms with Crippen LogP contribution in [0.2, 0.25) is 0 Å². The van der Waals surface area contributed by atoms with E-state index in [1.54, 1.807) is 0 Å². The number of aryl methyl sites for hydroxylation is 1. The lowest BCUT2D eigenvalue weighted by atomic mass is 9.84. The number of likely N-dealkylation sites (tertiary alicyclic amines) is 1. The molecule has 29 heavy (non-hydrogen) atoms. The van der Waals surface area contributed by atoms with Crippen LogP contribution in [-0.4, -0.2) is 51.1 Å². The zero-order chi connectivity index (χ0) is 20.5. The highest BCUT2D eigenvalue weighted by Gasteiger charge is 2.38. The van der Waals surface area contributed by atoms with Gasteiger partial charge in [0.25, 0.3) is 6.43 Å². The third-order valence-electron chi connectivity index (χ3n) is 6.36. The van der Waals surface area contributed by atoms with Crippen molar-refractivity contribution < 1.29 is 13.6 Å². The summed E-state index contributed by atoms with van der Waals surface area (Å²) in [5.41, 5.74) is 2.20. The van der Waals surface area contributed by atoms with Gasteiger partial charge in [0.2, 0.25) is 11.9 Å². The molecule has 1 aromatic carbocycles. The van der Waals surface area contributed by atoms with E-state index >= 15 is 0 Å². The monoisotopic (exact) mass is 403 g/mol. The first-order valence-corrected chi connectivity index (χ1v) is 10.2. The summed E-state index contributed by atoms with van der Waals surface area (Å²) < 4.78 is 28.3. The number of fused-ring (bicyclic) bond motifs is 1. The number of carbonyl (C=O) groups is 1. The molecule has 0 saturated carbocycles. The molecule has 8 heteroatoms. The fourth-order valence-corrected chi connectivity index (χ4v) is 4.49. The van der Waals surface area contributed by atoms with Gasteiger partial charge in [0.15, 0.2) is 0 Å². The molecular formula is C21H27F2N5O. The highest BCUT2D eigenvalue weighted by molar-refractivity contribution is 5.83. The summed E-state index contributed by atoms with van der Waals surface area (Å²) in [6, 6.07) is 7.06. The number of alkyl halides is 2. The summed E-state index contributed by atoms with van der Waals surface area (Å²) in [5.74, 6) is 0.606. The Morgan fingerprint density at radius 1 is 1.21 bits per heavy atom. The number of hydrogen-bond donors (Lipinski definition) is 1. The van der Waals surface area contributed by atoms with Crippen LogP contribution in [-0.2, 0) is 4.79 Å². The van der Waals surface area contributed by atoms with Crippen LogP contribution in [0.5, 0.6) is 0 Å². The molecule has 2 aromatic rings. The number of piperidine rings is 1. The minimum Gasteiger partial charge on any atom is -0.351 e. The van der Waals surface area contributed by atoms with Crippen molar-refractivity contribution in [1.82, 2.24) is 19.7 Å². The van der Waals surface area contributed by atoms with E-state index in [9.17, 15) is 13.6 Å². The summed E-state index contributed by atoms with van der Waals surface area (Å²) in [4.78, 5) is 18.9. The molecule has 1 aromatic heterocycles. The lowest BCUT2D eigenvalue weighted by Gasteiger charge is -2.40. The molecule has 3 atom stereocenters. The SMILES string of the molecule is Cc1ccc([C@H](C)C(=O)N2CCC([C@@H]3C[C@H](C(F)F)n4ncnc4N3)CC2)cc1. The first-order valence-electron chi connectivity index (χ1n) is 10.2. The molecule has 0 bridgehead atoms. The first-order chi connectivity index (χ1) is 13.9. The van der Waals surface area contributed by atoms with Crippen LogP contribution in [0.4, 0.5) is 14.7 Å². The quantitative estimate of drug-likeness (QED) is 0.847. The Hall–Kier alpha value is -2.51. The Morgan fingerprint density at radius 2 is 1.90 bits per heavy atom. The van der Waals surface area contributed by atoms with Gasteiger partial charge in [-0.3, -0.25) is 4.79 Å². The molecular weight excluding hydrogens is 376 g/mol. The van der Waals surface area contributed by atoms with Crippen LogP contribution in [0.15, 0.2) is 30.6 Å². The molecule has 2 aliphatic heterocycles. The van der Waals surface area contributed by atoms with Crippen LogP contribution < -0.4 is 5.32 Å². The molecule has 6 nitrogen and oxygen atoms in total. The predicted molar refractivity (Wildman–Crippen MR) is 106 cm³/mol. The van der Waals surface area contributed by atoms with Gasteiger partial charge >= 0.3 is 0 Å². The fraction of sp³-hybridized carbons (Fsp3) is 0.571. The summed E-state index contributed by atoms with van der Waals surface area (Å²) in [7, 11) is 0. The lowest BCUT2D eigenvalue weighted by molar-refractivity contribution is -0.133. The van der Waals surface area contributed by atoms with Crippen molar-refractivity contribution in [3.63, 3.8) is 0 Å². The molecule has 0 radical (unpaired) electrons. The Bertz CT molecular complexity index is 845. The van der Waals surface area contributed by atoms with E-state index in [0.29, 0.717) is 25.5 Å². The van der Waals surface area contributed by atoms with Crippen LogP contribution in [0.25, 0.3) is 0 Å². The predicted octanol–water partition coefficient (Wildman–Crippen LogP) is 3.62. The summed E-state index contributed by atoms with van der Waals surface area (Å²) in [5, 5.41) is 7.22. The van der Waals surface area contributed by atoms with E-state index in [1.165, 1.54) is 16.6 Å². The van der Waals surface area contributed by atoms with Crippen molar-refractivity contribution in [2.45, 2.75) is 57.5 Å². The number of benzene rings is 1. The summed E-state index contributed by atoms with van der Waals surface area (Å²) >= 11 is 0. The van der Waals surface area contributed by atoms with Gasteiger partial charge in [0.05, 0.1) is 5.92 Å². The van der Waals surface area contributed by atoms with Gasteiger partial charge in [-0.05, 0) is 44.6 Å². The highest BCUT2D eigenvalue weighted by atomic mass is 19.3. The van der Waals surface area contributed by atoms with Gasteiger partial charge < -0.3 is 10.2 Å². The van der Waals surface area contributed by atoms with Crippen molar-refractivity contribution in [3.05, 3.63) is 41.7 Å². The number of nitrogens with zero attached hydrogens (tertiary/aromatic N) is 4. The maximum absolute atomic E-state index is 13.5. The van der Waals surface area contributed by atoms with Crippen LogP contribution in [0, 0.1) is 12.8 Å². The molecule has 1 fully saturated rings. The third-order valence-corrected chi connectivity index (χ3v) is 6.36. The second kappa shape index (κ2) is 8.08. The van der Waals surface area contributed by atoms with Gasteiger partial charge in [-0.2, -0.15) is 10.1 Å². The van der Waals surface area contributed by atoms with Gasteiger partial charge in [-0.1, -0.05) is 29.8 Å². The maximum atomic E-state index is 13.5. The molecule has 4 rings (SSSR count). The van der Waals surface area contributed by atoms with Gasteiger partial charge in [0.1, 0.15) is 12.4 Å². The van der Waals surface area contributed by atoms with Crippen molar-refractivity contribution in [3.8, 4) is 0 Å². The van der Waals surface area contributed by atoms with Crippen molar-refractivity contribution in [2.75, 3.05) is 18.4 Å². The topological polar surface area (TPSA) is 63.1 Å². The summed E-state index contributed by atoms with van der Waals surface area (Å²) in [6.45, 7) is 5.29. The number of amides is 1. The fourth-order valence-electron chi connectivity index (χ4n) is 4.49. The minimum atomic E-state index is -2.47. The number of nitrogens with one attached hydrogen (secondary N) is 1. The second-order valence-electron chi connectivity index (χ2n) is 8.21. The molecule has 1 amide bonds. The van der Waals surface area contributed by atoms with E-state index in [1.807, 2.05) is 43.0 Å². The zero-order valence-corrected chi connectivity index (χ0v) is 16.8. The van der Waals surface area contributed by atoms with Crippen LogP contribution in [0.1, 0.15) is 49.3 Å². The van der Waals surface area contributed by atoms with Crippen LogP contribution >= 0.6 is 0 Å². The molecule has 1 N–H and O–H groups in total. The average molecular weight is 403 g/mol. The lowest BCUT2D eigenvalue weighted by Crippen LogP contribution is -2.47. The Morgan fingerprint density at radius 3 is 2.55 bits per heavy atom. The Kier molecular flexibility index (Phi) is 5.52. The van der Waals surface area contributed by atoms with Gasteiger partial charge in [0, 0.05) is 19.1 Å². The maximum Gasteiger partial charge on any atom is 0.260 e. The van der Waals surface area contributed by atoms with E-state index in [-0.39, 0.29) is 23.8 Å². The van der Waals surface area contributed by atoms with Crippen molar-refractivity contribution in [1.29, 1.82) is 0 Å². The van der Waals surface area contributed by atoms with E-state index in [0.717, 1.165) is 18.4 Å². The van der Waals surface area contributed by atoms with Gasteiger partial charge in [-0.25, -0.2) is 13.5 Å². The second-order valence-corrected chi connectivity index (χ2v) is 8.21. The number of halogens is 2. The summed E-state index contributed by atoms with van der Waals surface area (Å²) in [6.07, 6.45) is 0.764. The Balaban J connectivity index is 1.37. The number of rotatable bonds is 4. The van der Waals surface area contributed by atoms with Gasteiger partial charge in [-0.15, -0.1) is 0 Å². The first kappa shape index (κ1) is 19.8. The number of aromatic nitrogens is 3. The van der Waals surface area contributed by atoms with Crippen LogP contribution in [0.3, 0.4) is 0 Å². The van der Waals surface area contributed by atoms with E-state index < -0.39 is 12.5 Å². The molecule has 0 aliphatic carbocycles. The molecule has 156 valence electrons. The standard InChI is InChI=1S/C21H27F2N5O/c1-13-3-5-15(6-4-13)14(2)20(29)27-9-7-16(8-10-27)17-11-18(19(22)23)28-21(26-17)24-12-25-28/h3-6,12,14,16-19H,7-11H2,1-2H3,(H,24,25,26)/t14-,17-,18+/m0/s1. The molecule has 3 heterocycles. The van der Waals surface area contributed by atoms with E-state index in [4.69, 9.17) is 0 Å². The molecule has 1 saturated heterocycles. The molecule has 2 aliphatic rings. The van der Waals surface area contributed by atoms with E-state index in [2.05, 4.69) is 15.4 Å². The molecule has 0 unspecified atom stereocenters. The zero-order valence-electron chi connectivity index (χ0n) is 16.8. The normalized spacial score (nSPS) is 23.6. The largest absolute Gasteiger partial charge is 0.351 e. The average Bonchev–Trinajstić information content (AvgIpc) is 3.21. The number of hydrogen-bond acceptors (Lipinski definition) is 4. The Labute approximate surface area is 169 Å². The van der Waals surface area contributed by atoms with Crippen molar-refractivity contribution in [2.24, 2.45) is 5.92 Å².